The number of aryl methyl sites for hydroxylation is 1. The van der Waals surface area contributed by atoms with E-state index in [1.165, 1.54) is 0 Å². The van der Waals surface area contributed by atoms with Crippen LogP contribution in [-0.4, -0.2) is 34.0 Å². The maximum Gasteiger partial charge on any atom is 0.330 e. The van der Waals surface area contributed by atoms with E-state index in [-0.39, 0.29) is 5.91 Å². The summed E-state index contributed by atoms with van der Waals surface area (Å²) in [4.78, 5) is 23.9. The van der Waals surface area contributed by atoms with E-state index in [1.807, 2.05) is 12.1 Å². The number of fused-ring (bicyclic) bond motifs is 1. The highest BCUT2D eigenvalue weighted by atomic mass is 32.2. The van der Waals surface area contributed by atoms with Crippen LogP contribution in [-0.2, 0) is 11.2 Å². The van der Waals surface area contributed by atoms with E-state index in [4.69, 9.17) is 0 Å². The molecule has 2 N–H and O–H groups in total. The SMILES string of the molecule is O=C(NC1(C(=O)O)CCSC1)c1ccc2c(c1)CCC=C2. The lowest BCUT2D eigenvalue weighted by Crippen LogP contribution is -2.54. The molecule has 1 saturated heterocycles. The van der Waals surface area contributed by atoms with E-state index in [2.05, 4.69) is 17.5 Å². The van der Waals surface area contributed by atoms with Crippen molar-refractivity contribution in [2.45, 2.75) is 24.8 Å². The Kier molecular flexibility index (Phi) is 3.76. The van der Waals surface area contributed by atoms with Gasteiger partial charge in [0.1, 0.15) is 5.54 Å². The molecular weight excluding hydrogens is 286 g/mol. The van der Waals surface area contributed by atoms with Gasteiger partial charge >= 0.3 is 5.97 Å². The van der Waals surface area contributed by atoms with Crippen LogP contribution in [0.1, 0.15) is 34.3 Å². The molecule has 0 saturated carbocycles. The van der Waals surface area contributed by atoms with Crippen LogP contribution in [0.3, 0.4) is 0 Å². The second-order valence-corrected chi connectivity index (χ2v) is 6.60. The number of rotatable bonds is 3. The molecule has 1 aromatic carbocycles. The highest BCUT2D eigenvalue weighted by Gasteiger charge is 2.43. The summed E-state index contributed by atoms with van der Waals surface area (Å²) < 4.78 is 0. The Labute approximate surface area is 127 Å². The number of benzene rings is 1. The van der Waals surface area contributed by atoms with Gasteiger partial charge in [0, 0.05) is 11.3 Å². The molecule has 5 heteroatoms. The first-order chi connectivity index (χ1) is 10.1. The molecule has 0 bridgehead atoms. The minimum Gasteiger partial charge on any atom is -0.479 e. The predicted octanol–water partition coefficient (Wildman–Crippen LogP) is 2.34. The first kappa shape index (κ1) is 14.2. The first-order valence-electron chi connectivity index (χ1n) is 7.04. The van der Waals surface area contributed by atoms with Crippen LogP contribution < -0.4 is 5.32 Å². The number of aliphatic carboxylic acids is 1. The van der Waals surface area contributed by atoms with Gasteiger partial charge < -0.3 is 10.4 Å². The molecule has 1 aliphatic heterocycles. The Morgan fingerprint density at radius 1 is 1.33 bits per heavy atom. The molecule has 1 aliphatic carbocycles. The lowest BCUT2D eigenvalue weighted by molar-refractivity contribution is -0.143. The second-order valence-electron chi connectivity index (χ2n) is 5.50. The lowest BCUT2D eigenvalue weighted by Gasteiger charge is -2.24. The molecule has 2 aliphatic rings. The molecule has 0 aromatic heterocycles. The number of nitrogens with one attached hydrogen (secondary N) is 1. The molecule has 3 rings (SSSR count). The normalized spacial score (nSPS) is 23.6. The number of carbonyl (C=O) groups excluding carboxylic acids is 1. The van der Waals surface area contributed by atoms with Gasteiger partial charge in [-0.1, -0.05) is 18.2 Å². The topological polar surface area (TPSA) is 66.4 Å². The standard InChI is InChI=1S/C16H17NO3S/c18-14(17-16(15(19)20)7-8-21-10-16)13-6-5-11-3-1-2-4-12(11)9-13/h1,3,5-6,9H,2,4,7-8,10H2,(H,17,18)(H,19,20). The van der Waals surface area contributed by atoms with Gasteiger partial charge in [0.2, 0.25) is 0 Å². The summed E-state index contributed by atoms with van der Waals surface area (Å²) >= 11 is 1.56. The molecule has 1 heterocycles. The van der Waals surface area contributed by atoms with Crippen LogP contribution >= 0.6 is 11.8 Å². The van der Waals surface area contributed by atoms with Crippen LogP contribution in [0, 0.1) is 0 Å². The van der Waals surface area contributed by atoms with Crippen molar-refractivity contribution in [2.75, 3.05) is 11.5 Å². The predicted molar refractivity (Wildman–Crippen MR) is 83.6 cm³/mol. The smallest absolute Gasteiger partial charge is 0.330 e. The molecule has 110 valence electrons. The molecule has 0 spiro atoms. The number of carboxylic acid groups (broad SMARTS) is 1. The number of amides is 1. The Hall–Kier alpha value is -1.75. The van der Waals surface area contributed by atoms with Crippen molar-refractivity contribution < 1.29 is 14.7 Å². The highest BCUT2D eigenvalue weighted by Crippen LogP contribution is 2.29. The van der Waals surface area contributed by atoms with Gasteiger partial charge in [0.05, 0.1) is 0 Å². The van der Waals surface area contributed by atoms with E-state index in [9.17, 15) is 14.7 Å². The van der Waals surface area contributed by atoms with Crippen LogP contribution in [0.5, 0.6) is 0 Å². The van der Waals surface area contributed by atoms with Gasteiger partial charge in [-0.15, -0.1) is 0 Å². The summed E-state index contributed by atoms with van der Waals surface area (Å²) in [6.07, 6.45) is 6.57. The maximum absolute atomic E-state index is 12.4. The fourth-order valence-electron chi connectivity index (χ4n) is 2.75. The molecule has 4 nitrogen and oxygen atoms in total. The van der Waals surface area contributed by atoms with E-state index in [0.29, 0.717) is 17.7 Å². The monoisotopic (exact) mass is 303 g/mol. The number of allylic oxidation sites excluding steroid dienone is 1. The average Bonchev–Trinajstić information content (AvgIpc) is 2.96. The van der Waals surface area contributed by atoms with Crippen LogP contribution in [0.2, 0.25) is 0 Å². The zero-order valence-electron chi connectivity index (χ0n) is 11.6. The van der Waals surface area contributed by atoms with Crippen molar-refractivity contribution in [1.82, 2.24) is 5.32 Å². The quantitative estimate of drug-likeness (QED) is 0.899. The Morgan fingerprint density at radius 3 is 2.90 bits per heavy atom. The van der Waals surface area contributed by atoms with Crippen LogP contribution in [0.15, 0.2) is 24.3 Å². The van der Waals surface area contributed by atoms with E-state index in [1.54, 1.807) is 17.8 Å². The van der Waals surface area contributed by atoms with Crippen molar-refractivity contribution >= 4 is 29.7 Å². The van der Waals surface area contributed by atoms with Crippen molar-refractivity contribution in [3.63, 3.8) is 0 Å². The number of hydrogen-bond acceptors (Lipinski definition) is 3. The van der Waals surface area contributed by atoms with Crippen molar-refractivity contribution in [1.29, 1.82) is 0 Å². The molecule has 1 atom stereocenters. The van der Waals surface area contributed by atoms with Crippen molar-refractivity contribution in [2.24, 2.45) is 0 Å². The third kappa shape index (κ3) is 2.70. The van der Waals surface area contributed by atoms with Gasteiger partial charge in [-0.25, -0.2) is 4.79 Å². The molecule has 0 radical (unpaired) electrons. The third-order valence-corrected chi connectivity index (χ3v) is 5.26. The largest absolute Gasteiger partial charge is 0.479 e. The van der Waals surface area contributed by atoms with Crippen LogP contribution in [0.25, 0.3) is 6.08 Å². The summed E-state index contributed by atoms with van der Waals surface area (Å²) in [6.45, 7) is 0. The second kappa shape index (κ2) is 5.56. The highest BCUT2D eigenvalue weighted by molar-refractivity contribution is 7.99. The Balaban J connectivity index is 1.82. The summed E-state index contributed by atoms with van der Waals surface area (Å²) in [5.74, 6) is -0.0393. The van der Waals surface area contributed by atoms with Crippen LogP contribution in [0.4, 0.5) is 0 Å². The number of carbonyl (C=O) groups is 2. The summed E-state index contributed by atoms with van der Waals surface area (Å²) in [7, 11) is 0. The molecule has 1 fully saturated rings. The Bertz CT molecular complexity index is 618. The minimum absolute atomic E-state index is 0.294. The zero-order valence-corrected chi connectivity index (χ0v) is 12.4. The molecule has 21 heavy (non-hydrogen) atoms. The summed E-state index contributed by atoms with van der Waals surface area (Å²) in [5, 5.41) is 12.2. The number of hydrogen-bond donors (Lipinski definition) is 2. The van der Waals surface area contributed by atoms with Gasteiger partial charge in [-0.3, -0.25) is 4.79 Å². The minimum atomic E-state index is -1.11. The first-order valence-corrected chi connectivity index (χ1v) is 8.19. The van der Waals surface area contributed by atoms with Crippen molar-refractivity contribution in [3.8, 4) is 0 Å². The van der Waals surface area contributed by atoms with E-state index < -0.39 is 11.5 Å². The zero-order chi connectivity index (χ0) is 14.9. The summed E-state index contributed by atoms with van der Waals surface area (Å²) in [5.41, 5.74) is 1.72. The van der Waals surface area contributed by atoms with Gasteiger partial charge in [-0.2, -0.15) is 11.8 Å². The fraction of sp³-hybridized carbons (Fsp3) is 0.375. The fourth-order valence-corrected chi connectivity index (χ4v) is 4.08. The molecule has 1 aromatic rings. The van der Waals surface area contributed by atoms with E-state index >= 15 is 0 Å². The maximum atomic E-state index is 12.4. The van der Waals surface area contributed by atoms with Gasteiger partial charge in [-0.05, 0) is 48.3 Å². The molecular formula is C16H17NO3S. The van der Waals surface area contributed by atoms with Gasteiger partial charge in [0.15, 0.2) is 0 Å². The summed E-state index contributed by atoms with van der Waals surface area (Å²) in [6, 6.07) is 5.57. The number of carboxylic acids is 1. The third-order valence-electron chi connectivity index (χ3n) is 4.07. The van der Waals surface area contributed by atoms with E-state index in [0.717, 1.165) is 29.7 Å². The van der Waals surface area contributed by atoms with Gasteiger partial charge in [0.25, 0.3) is 5.91 Å². The van der Waals surface area contributed by atoms with Crippen molar-refractivity contribution in [3.05, 3.63) is 41.0 Å². The lowest BCUT2D eigenvalue weighted by atomic mass is 9.94. The number of thioether (sulfide) groups is 1. The molecule has 1 unspecified atom stereocenters. The average molecular weight is 303 g/mol. The Morgan fingerprint density at radius 2 is 2.19 bits per heavy atom. The molecule has 1 amide bonds.